The maximum absolute atomic E-state index is 9.06. The van der Waals surface area contributed by atoms with Gasteiger partial charge in [-0.05, 0) is 44.1 Å². The summed E-state index contributed by atoms with van der Waals surface area (Å²) in [5, 5.41) is 9.06. The molecule has 4 nitrogen and oxygen atoms in total. The standard InChI is InChI=1S/C17H25N3O/c1-4-16-13-19(2)8-5-9-20(16)12-14-6-7-15(11-18)17(10-14)21-3/h6-7,10,16H,4-5,8-9,12-13H2,1-3H3. The Morgan fingerprint density at radius 3 is 2.86 bits per heavy atom. The van der Waals surface area contributed by atoms with Gasteiger partial charge in [0.1, 0.15) is 11.8 Å². The van der Waals surface area contributed by atoms with Gasteiger partial charge in [-0.25, -0.2) is 0 Å². The summed E-state index contributed by atoms with van der Waals surface area (Å²) in [4.78, 5) is 4.98. The van der Waals surface area contributed by atoms with Gasteiger partial charge >= 0.3 is 0 Å². The molecule has 21 heavy (non-hydrogen) atoms. The van der Waals surface area contributed by atoms with E-state index >= 15 is 0 Å². The second kappa shape index (κ2) is 7.44. The van der Waals surface area contributed by atoms with Gasteiger partial charge in [-0.1, -0.05) is 13.0 Å². The van der Waals surface area contributed by atoms with Gasteiger partial charge in [0.15, 0.2) is 0 Å². The number of hydrogen-bond acceptors (Lipinski definition) is 4. The van der Waals surface area contributed by atoms with E-state index in [9.17, 15) is 0 Å². The molecule has 114 valence electrons. The normalized spacial score (nSPS) is 20.8. The van der Waals surface area contributed by atoms with Gasteiger partial charge in [0.2, 0.25) is 0 Å². The van der Waals surface area contributed by atoms with Gasteiger partial charge in [0, 0.05) is 25.7 Å². The number of hydrogen-bond donors (Lipinski definition) is 0. The van der Waals surface area contributed by atoms with E-state index in [4.69, 9.17) is 10.00 Å². The second-order valence-electron chi connectivity index (χ2n) is 5.79. The largest absolute Gasteiger partial charge is 0.495 e. The highest BCUT2D eigenvalue weighted by molar-refractivity contribution is 5.45. The summed E-state index contributed by atoms with van der Waals surface area (Å²) in [6.45, 7) is 6.61. The predicted molar refractivity (Wildman–Crippen MR) is 84.3 cm³/mol. The van der Waals surface area contributed by atoms with Crippen LogP contribution >= 0.6 is 0 Å². The highest BCUT2D eigenvalue weighted by Crippen LogP contribution is 2.22. The van der Waals surface area contributed by atoms with Crippen molar-refractivity contribution in [2.45, 2.75) is 32.4 Å². The number of nitriles is 1. The van der Waals surface area contributed by atoms with Crippen LogP contribution in [-0.2, 0) is 6.54 Å². The van der Waals surface area contributed by atoms with Gasteiger partial charge in [-0.2, -0.15) is 5.26 Å². The fourth-order valence-corrected chi connectivity index (χ4v) is 3.05. The van der Waals surface area contributed by atoms with E-state index in [0.29, 0.717) is 17.4 Å². The molecule has 1 aliphatic heterocycles. The fraction of sp³-hybridized carbons (Fsp3) is 0.588. The van der Waals surface area contributed by atoms with Crippen LogP contribution in [0.4, 0.5) is 0 Å². The van der Waals surface area contributed by atoms with Crippen molar-refractivity contribution in [1.29, 1.82) is 5.26 Å². The highest BCUT2D eigenvalue weighted by Gasteiger charge is 2.22. The summed E-state index contributed by atoms with van der Waals surface area (Å²) < 4.78 is 5.31. The van der Waals surface area contributed by atoms with Crippen molar-refractivity contribution in [3.63, 3.8) is 0 Å². The minimum atomic E-state index is 0.596. The molecule has 0 amide bonds. The molecule has 4 heteroatoms. The molecule has 0 N–H and O–H groups in total. The van der Waals surface area contributed by atoms with Gasteiger partial charge in [-0.15, -0.1) is 0 Å². The smallest absolute Gasteiger partial charge is 0.136 e. The van der Waals surface area contributed by atoms with Gasteiger partial charge < -0.3 is 9.64 Å². The third-order valence-corrected chi connectivity index (χ3v) is 4.27. The lowest BCUT2D eigenvalue weighted by molar-refractivity contribution is 0.176. The predicted octanol–water partition coefficient (Wildman–Crippen LogP) is 2.48. The minimum absolute atomic E-state index is 0.596. The lowest BCUT2D eigenvalue weighted by Gasteiger charge is -2.30. The molecule has 1 saturated heterocycles. The first-order valence-electron chi connectivity index (χ1n) is 7.67. The van der Waals surface area contributed by atoms with Crippen LogP contribution in [0.3, 0.4) is 0 Å². The van der Waals surface area contributed by atoms with E-state index in [1.807, 2.05) is 18.2 Å². The topological polar surface area (TPSA) is 39.5 Å². The molecule has 1 heterocycles. The molecule has 0 saturated carbocycles. The molecule has 0 radical (unpaired) electrons. The average Bonchev–Trinajstić information content (AvgIpc) is 2.68. The summed E-state index contributed by atoms with van der Waals surface area (Å²) in [5.74, 6) is 0.676. The number of ether oxygens (including phenoxy) is 1. The summed E-state index contributed by atoms with van der Waals surface area (Å²) in [6.07, 6.45) is 2.37. The molecule has 1 aromatic rings. The second-order valence-corrected chi connectivity index (χ2v) is 5.79. The van der Waals surface area contributed by atoms with Crippen molar-refractivity contribution in [3.8, 4) is 11.8 Å². The number of benzene rings is 1. The minimum Gasteiger partial charge on any atom is -0.495 e. The van der Waals surface area contributed by atoms with Crippen molar-refractivity contribution in [1.82, 2.24) is 9.80 Å². The number of rotatable bonds is 4. The third-order valence-electron chi connectivity index (χ3n) is 4.27. The summed E-state index contributed by atoms with van der Waals surface area (Å²) >= 11 is 0. The summed E-state index contributed by atoms with van der Waals surface area (Å²) in [6, 6.07) is 8.67. The third kappa shape index (κ3) is 3.96. The Hall–Kier alpha value is -1.57. The maximum Gasteiger partial charge on any atom is 0.136 e. The van der Waals surface area contributed by atoms with Crippen molar-refractivity contribution in [2.24, 2.45) is 0 Å². The molecule has 1 atom stereocenters. The van der Waals surface area contributed by atoms with Gasteiger partial charge in [0.25, 0.3) is 0 Å². The molecular formula is C17H25N3O. The zero-order valence-electron chi connectivity index (χ0n) is 13.3. The highest BCUT2D eigenvalue weighted by atomic mass is 16.5. The van der Waals surface area contributed by atoms with Gasteiger partial charge in [0.05, 0.1) is 12.7 Å². The first kappa shape index (κ1) is 15.8. The first-order chi connectivity index (χ1) is 10.2. The Morgan fingerprint density at radius 1 is 1.38 bits per heavy atom. The van der Waals surface area contributed by atoms with E-state index in [2.05, 4.69) is 29.8 Å². The van der Waals surface area contributed by atoms with Crippen LogP contribution in [0, 0.1) is 11.3 Å². The molecule has 1 fully saturated rings. The van der Waals surface area contributed by atoms with Crippen molar-refractivity contribution in [3.05, 3.63) is 29.3 Å². The molecule has 0 aliphatic carbocycles. The van der Waals surface area contributed by atoms with Crippen molar-refractivity contribution in [2.75, 3.05) is 33.8 Å². The Labute approximate surface area is 127 Å². The van der Waals surface area contributed by atoms with E-state index in [1.165, 1.54) is 18.5 Å². The van der Waals surface area contributed by atoms with Crippen molar-refractivity contribution >= 4 is 0 Å². The SMILES string of the molecule is CCC1CN(C)CCCN1Cc1ccc(C#N)c(OC)c1. The van der Waals surface area contributed by atoms with E-state index in [0.717, 1.165) is 26.1 Å². The number of nitrogens with zero attached hydrogens (tertiary/aromatic N) is 3. The van der Waals surface area contributed by atoms with Crippen LogP contribution in [0.15, 0.2) is 18.2 Å². The first-order valence-corrected chi connectivity index (χ1v) is 7.67. The van der Waals surface area contributed by atoms with Crippen molar-refractivity contribution < 1.29 is 4.74 Å². The Morgan fingerprint density at radius 2 is 2.19 bits per heavy atom. The molecule has 2 rings (SSSR count). The monoisotopic (exact) mass is 287 g/mol. The van der Waals surface area contributed by atoms with Crippen LogP contribution in [0.2, 0.25) is 0 Å². The van der Waals surface area contributed by atoms with Crippen LogP contribution in [-0.4, -0.2) is 49.6 Å². The molecular weight excluding hydrogens is 262 g/mol. The molecule has 1 unspecified atom stereocenters. The molecule has 0 spiro atoms. The van der Waals surface area contributed by atoms with Crippen LogP contribution in [0.1, 0.15) is 30.9 Å². The summed E-state index contributed by atoms with van der Waals surface area (Å²) in [5.41, 5.74) is 1.82. The van der Waals surface area contributed by atoms with Crippen LogP contribution in [0.25, 0.3) is 0 Å². The van der Waals surface area contributed by atoms with Crippen LogP contribution < -0.4 is 4.74 Å². The fourth-order valence-electron chi connectivity index (χ4n) is 3.05. The van der Waals surface area contributed by atoms with E-state index in [-0.39, 0.29) is 0 Å². The van der Waals surface area contributed by atoms with E-state index < -0.39 is 0 Å². The zero-order chi connectivity index (χ0) is 15.2. The maximum atomic E-state index is 9.06. The van der Waals surface area contributed by atoms with Crippen LogP contribution in [0.5, 0.6) is 5.75 Å². The number of methoxy groups -OCH3 is 1. The van der Waals surface area contributed by atoms with Gasteiger partial charge in [-0.3, -0.25) is 4.90 Å². The van der Waals surface area contributed by atoms with E-state index in [1.54, 1.807) is 7.11 Å². The lowest BCUT2D eigenvalue weighted by atomic mass is 10.1. The number of likely N-dealkylation sites (N-methyl/N-ethyl adjacent to an activating group) is 1. The summed E-state index contributed by atoms with van der Waals surface area (Å²) in [7, 11) is 3.83. The average molecular weight is 287 g/mol. The zero-order valence-corrected chi connectivity index (χ0v) is 13.3. The molecule has 1 aliphatic rings. The Balaban J connectivity index is 2.14. The lowest BCUT2D eigenvalue weighted by Crippen LogP contribution is -2.39. The molecule has 0 aromatic heterocycles. The Kier molecular flexibility index (Phi) is 5.60. The molecule has 0 bridgehead atoms. The molecule has 1 aromatic carbocycles. The Bertz CT molecular complexity index is 509. The quantitative estimate of drug-likeness (QED) is 0.853.